The number of nitrogens with two attached hydrogens (primary N) is 5. The van der Waals surface area contributed by atoms with Gasteiger partial charge in [0.25, 0.3) is 23.6 Å². The second-order valence-corrected chi connectivity index (χ2v) is 44.2. The molecule has 0 bridgehead atoms. The molecule has 0 spiro atoms. The number of nitrogens with one attached hydrogen (secondary N) is 5. The van der Waals surface area contributed by atoms with Gasteiger partial charge in [0.1, 0.15) is 11.3 Å². The number of alkyl halides is 3. The van der Waals surface area contributed by atoms with Crippen molar-refractivity contribution in [3.05, 3.63) is 311 Å². The summed E-state index contributed by atoms with van der Waals surface area (Å²) in [6, 6.07) is 64.5. The molecule has 0 aliphatic heterocycles. The molecule has 19 rings (SSSR count). The molecular formula is C116H135Cl5F3N19O7. The minimum atomic E-state index is -4.58. The van der Waals surface area contributed by atoms with Gasteiger partial charge in [-0.15, -0.1) is 5.10 Å². The number of benzene rings is 9. The summed E-state index contributed by atoms with van der Waals surface area (Å²) in [6.07, 6.45) is 19.6. The molecule has 792 valence electrons. The Balaban J connectivity index is 0.000000140. The third-order valence-corrected chi connectivity index (χ3v) is 32.8. The molecule has 5 saturated carbocycles. The van der Waals surface area contributed by atoms with E-state index in [4.69, 9.17) is 86.7 Å². The number of aromatic nitrogens is 9. The molecule has 0 unspecified atom stereocenters. The van der Waals surface area contributed by atoms with Gasteiger partial charge in [0.05, 0.1) is 34.0 Å². The Morgan fingerprint density at radius 2 is 0.793 bits per heavy atom. The van der Waals surface area contributed by atoms with Crippen LogP contribution >= 0.6 is 58.0 Å². The number of phenolic OH excluding ortho intramolecular Hbond substituents is 1. The van der Waals surface area contributed by atoms with Crippen molar-refractivity contribution >= 4 is 144 Å². The molecule has 5 amide bonds. The second kappa shape index (κ2) is 49.1. The molecule has 5 heterocycles. The van der Waals surface area contributed by atoms with Gasteiger partial charge in [0.15, 0.2) is 11.4 Å². The number of hydrogen-bond acceptors (Lipinski definition) is 17. The summed E-state index contributed by atoms with van der Waals surface area (Å²) < 4.78 is 47.4. The van der Waals surface area contributed by atoms with Gasteiger partial charge in [0, 0.05) is 192 Å². The number of phenols is 1. The Kier molecular flexibility index (Phi) is 36.6. The molecule has 0 saturated heterocycles. The average Bonchev–Trinajstić information content (AvgIpc) is 1.60. The van der Waals surface area contributed by atoms with E-state index in [2.05, 4.69) is 108 Å². The molecule has 34 heteroatoms. The zero-order valence-electron chi connectivity index (χ0n) is 85.8. The van der Waals surface area contributed by atoms with Gasteiger partial charge in [0.2, 0.25) is 12.2 Å². The molecule has 14 aromatic rings. The molecule has 5 fully saturated rings. The Labute approximate surface area is 898 Å². The smallest absolute Gasteiger partial charge is 0.449 e. The number of carbonyl (C=O) groups is 6. The van der Waals surface area contributed by atoms with E-state index in [1.165, 1.54) is 46.5 Å². The van der Waals surface area contributed by atoms with E-state index >= 15 is 0 Å². The second-order valence-electron chi connectivity index (χ2n) is 42.0. The fraction of sp³-hybridized carbons (Fsp3) is 0.405. The topological polar surface area (TPSA) is 397 Å². The first-order valence-corrected chi connectivity index (χ1v) is 53.7. The van der Waals surface area contributed by atoms with E-state index in [0.29, 0.717) is 89.8 Å². The van der Waals surface area contributed by atoms with Crippen molar-refractivity contribution in [2.45, 2.75) is 252 Å². The van der Waals surface area contributed by atoms with Crippen molar-refractivity contribution < 1.29 is 47.0 Å². The monoisotopic (exact) mass is 2140 g/mol. The lowest BCUT2D eigenvalue weighted by molar-refractivity contribution is -0.147. The van der Waals surface area contributed by atoms with E-state index in [-0.39, 0.29) is 110 Å². The lowest BCUT2D eigenvalue weighted by Gasteiger charge is -2.40. The highest BCUT2D eigenvalue weighted by molar-refractivity contribution is 6.32. The van der Waals surface area contributed by atoms with Crippen LogP contribution in [-0.2, 0) is 45.1 Å². The van der Waals surface area contributed by atoms with Crippen LogP contribution in [0.5, 0.6) is 5.75 Å². The van der Waals surface area contributed by atoms with Crippen molar-refractivity contribution in [3.63, 3.8) is 0 Å². The van der Waals surface area contributed by atoms with Crippen LogP contribution in [0.25, 0.3) is 44.0 Å². The fourth-order valence-corrected chi connectivity index (χ4v) is 23.4. The Hall–Kier alpha value is -12.1. The van der Waals surface area contributed by atoms with Crippen molar-refractivity contribution in [3.8, 4) is 5.75 Å². The van der Waals surface area contributed by atoms with Crippen LogP contribution in [-0.4, -0.2) is 142 Å². The number of rotatable bonds is 26. The van der Waals surface area contributed by atoms with Crippen LogP contribution < -0.4 is 55.3 Å². The standard InChI is InChI=1S/C25H28ClF3N4O.2C23H28ClN5O.C23H26ClN3O.C22H25ClN2O3/c1-15(2)33-21-7-6-16(12-20(21)32-23(33)25(27,28)29)22(34)31-19-8-10-24(14-30,11-9-19)17-4-3-5-18(26)13-17;1-15(2)29-21-16(13-27-29)10-17(12-26-21)22(30)28-20-6-8-23(14-25,9-7-20)18-4-3-5-19(24)11-18;1-15(2)29-21-7-6-16(12-20(21)27-28-29)22(30)26-19-8-10-23(14-25,11-9-19)17-4-3-5-18(24)13-17;1-27-12-9-16-13-17(5-6-21(16)27)22(28)26-20-7-10-23(15-25,11-8-20)18-3-2-4-19(24)14-18;23-18-3-1-2-17(12-18)22(13-24)8-6-15(7-9-22)10-21(28)16-4-5-20(27)19(11-16)25-14-26/h3-7,12-13,15,19H,8-11,14,30H2,1-2H3,(H,31,34);3-5,10-13,15,20H,6-9,14,25H2,1-2H3,(H,28,30);3-7,12-13,15,19H,8-11,14,25H2,1-2H3,(H,26,30);2-6,9,12-14,20H,7-8,10-11,15,25H2,1H3,(H,26,28);1-5,11-12,14-15,27H,6-10,13,24H2,(H,25,26). The lowest BCUT2D eigenvalue weighted by Crippen LogP contribution is -2.45. The number of amides is 5. The summed E-state index contributed by atoms with van der Waals surface area (Å²) in [4.78, 5) is 82.9. The SMILES string of the molecule is CC(C)n1c(C(F)(F)F)nc2cc(C(=O)NC3CCC(CN)(c4cccc(Cl)c4)CC3)ccc21.CC(C)n1ncc2cc(C(=O)NC3CCC(CN)(c4cccc(Cl)c4)CC3)cnc21.CC(C)n1nnc2cc(C(=O)NC3CCC(CN)(c4cccc(Cl)c4)CC3)ccc21.Cn1ccc2cc(C(=O)NC3CCC(CN)(c4cccc(Cl)c4)CC3)ccc21.NCC1(c2cccc(Cl)c2)CCC(CC(=O)c2ccc(O)c(NC=O)c2)CC1. The first kappa shape index (κ1) is 112. The van der Waals surface area contributed by atoms with Gasteiger partial charge in [-0.25, -0.2) is 19.3 Å². The minimum absolute atomic E-state index is 0.00115. The normalized spacial score (nSPS) is 21.8. The van der Waals surface area contributed by atoms with E-state index in [0.717, 1.165) is 192 Å². The van der Waals surface area contributed by atoms with Crippen molar-refractivity contribution in [1.29, 1.82) is 0 Å². The number of Topliss-reactive ketones (excluding diaryl/α,β-unsaturated/α-hetero) is 1. The quantitative estimate of drug-likeness (QED) is 0.0136. The van der Waals surface area contributed by atoms with Crippen LogP contribution in [0.15, 0.2) is 225 Å². The van der Waals surface area contributed by atoms with E-state index in [1.807, 2.05) is 168 Å². The number of hydrogen-bond donors (Lipinski definition) is 11. The summed E-state index contributed by atoms with van der Waals surface area (Å²) in [7, 11) is 2.01. The number of halogens is 8. The molecule has 5 aliphatic carbocycles. The third-order valence-electron chi connectivity index (χ3n) is 31.6. The fourth-order valence-electron chi connectivity index (χ4n) is 22.5. The Bertz CT molecular complexity index is 6930. The zero-order chi connectivity index (χ0) is 107. The number of aromatic hydroxyl groups is 1. The van der Waals surface area contributed by atoms with Crippen LogP contribution in [0.4, 0.5) is 18.9 Å². The largest absolute Gasteiger partial charge is 0.506 e. The minimum Gasteiger partial charge on any atom is -0.506 e. The van der Waals surface area contributed by atoms with Gasteiger partial charge >= 0.3 is 6.18 Å². The predicted molar refractivity (Wildman–Crippen MR) is 592 cm³/mol. The molecule has 16 N–H and O–H groups in total. The number of aryl methyl sites for hydroxylation is 1. The number of imidazole rings is 1. The van der Waals surface area contributed by atoms with E-state index in [9.17, 15) is 47.0 Å². The number of ketones is 1. The van der Waals surface area contributed by atoms with Crippen LogP contribution in [0.3, 0.4) is 0 Å². The maximum absolute atomic E-state index is 13.5. The molecular weight excluding hydrogens is 2010 g/mol. The Morgan fingerprint density at radius 1 is 0.427 bits per heavy atom. The average molecular weight is 2140 g/mol. The molecule has 9 aromatic carbocycles. The highest BCUT2D eigenvalue weighted by atomic mass is 35.5. The van der Waals surface area contributed by atoms with Crippen molar-refractivity contribution in [1.82, 2.24) is 65.1 Å². The number of fused-ring (bicyclic) bond motifs is 4. The van der Waals surface area contributed by atoms with Gasteiger partial charge < -0.3 is 69.5 Å². The molecule has 0 atom stereocenters. The molecule has 150 heavy (non-hydrogen) atoms. The van der Waals surface area contributed by atoms with Crippen LogP contribution in [0.2, 0.25) is 25.1 Å². The first-order valence-electron chi connectivity index (χ1n) is 51.8. The summed E-state index contributed by atoms with van der Waals surface area (Å²) in [5.74, 6) is -1.18. The van der Waals surface area contributed by atoms with E-state index in [1.54, 1.807) is 38.4 Å². The number of anilines is 1. The highest BCUT2D eigenvalue weighted by Gasteiger charge is 2.44. The van der Waals surface area contributed by atoms with E-state index < -0.39 is 18.0 Å². The highest BCUT2D eigenvalue weighted by Crippen LogP contribution is 2.48. The van der Waals surface area contributed by atoms with Gasteiger partial charge in [-0.2, -0.15) is 18.3 Å². The third kappa shape index (κ3) is 26.1. The van der Waals surface area contributed by atoms with Gasteiger partial charge in [-0.05, 0) is 349 Å². The lowest BCUT2D eigenvalue weighted by atomic mass is 9.66. The van der Waals surface area contributed by atoms with Gasteiger partial charge in [-0.3, -0.25) is 28.8 Å². The number of pyridine rings is 1. The molecule has 5 aromatic heterocycles. The molecule has 5 aliphatic rings. The maximum Gasteiger partial charge on any atom is 0.449 e. The van der Waals surface area contributed by atoms with Crippen molar-refractivity contribution in [2.24, 2.45) is 41.6 Å². The predicted octanol–water partition coefficient (Wildman–Crippen LogP) is 23.0. The van der Waals surface area contributed by atoms with Crippen LogP contribution in [0.1, 0.15) is 280 Å². The summed E-state index contributed by atoms with van der Waals surface area (Å²) >= 11 is 30.9. The number of nitrogens with zero attached hydrogens (tertiary/aromatic N) is 9. The molecule has 26 nitrogen and oxygen atoms in total. The zero-order valence-corrected chi connectivity index (χ0v) is 89.6. The number of carbonyl (C=O) groups excluding carboxylic acids is 6. The van der Waals surface area contributed by atoms with Crippen LogP contribution in [0, 0.1) is 5.92 Å². The summed E-state index contributed by atoms with van der Waals surface area (Å²) in [5, 5.41) is 43.1. The first-order chi connectivity index (χ1) is 71.8. The van der Waals surface area contributed by atoms with Gasteiger partial charge in [-0.1, -0.05) is 124 Å². The van der Waals surface area contributed by atoms with Crippen molar-refractivity contribution in [2.75, 3.05) is 38.0 Å². The summed E-state index contributed by atoms with van der Waals surface area (Å²) in [5.41, 5.74) is 43.3. The maximum atomic E-state index is 13.5. The summed E-state index contributed by atoms with van der Waals surface area (Å²) in [6.45, 7) is 14.4. The molecule has 0 radical (unpaired) electrons. The Morgan fingerprint density at radius 3 is 1.17 bits per heavy atom.